The van der Waals surface area contributed by atoms with E-state index in [1.54, 1.807) is 18.2 Å². The summed E-state index contributed by atoms with van der Waals surface area (Å²) in [5.41, 5.74) is 1.71. The fraction of sp³-hybridized carbons (Fsp3) is 0.455. The molecule has 5 nitrogen and oxygen atoms in total. The van der Waals surface area contributed by atoms with Gasteiger partial charge in [0.1, 0.15) is 5.69 Å². The van der Waals surface area contributed by atoms with E-state index in [9.17, 15) is 9.70 Å². The van der Waals surface area contributed by atoms with Gasteiger partial charge in [-0.1, -0.05) is 68.7 Å². The number of esters is 1. The molecule has 0 saturated heterocycles. The summed E-state index contributed by atoms with van der Waals surface area (Å²) in [4.78, 5) is 27.8. The largest absolute Gasteiger partial charge is 0.461 e. The van der Waals surface area contributed by atoms with Crippen LogP contribution in [-0.4, -0.2) is 17.6 Å². The lowest BCUT2D eigenvalue weighted by Gasteiger charge is -2.09. The maximum absolute atomic E-state index is 12.4. The van der Waals surface area contributed by atoms with Crippen LogP contribution in [0.3, 0.4) is 0 Å². The molecule has 0 unspecified atom stereocenters. The number of unbranched alkanes of at least 4 members (excludes halogenated alkanes) is 6. The van der Waals surface area contributed by atoms with Crippen LogP contribution in [0.15, 0.2) is 29.4 Å². The predicted molar refractivity (Wildman–Crippen MR) is 118 cm³/mol. The number of nitroso groups, excluding NO2 is 1. The number of aromatic nitrogens is 1. The maximum atomic E-state index is 12.4. The van der Waals surface area contributed by atoms with E-state index in [0.717, 1.165) is 24.8 Å². The van der Waals surface area contributed by atoms with Gasteiger partial charge in [-0.05, 0) is 48.4 Å². The number of halogens is 2. The molecule has 0 atom stereocenters. The molecule has 0 aliphatic carbocycles. The highest BCUT2D eigenvalue weighted by molar-refractivity contribution is 6.36. The van der Waals surface area contributed by atoms with Crippen molar-refractivity contribution in [2.24, 2.45) is 5.18 Å². The van der Waals surface area contributed by atoms with Gasteiger partial charge in [0, 0.05) is 15.6 Å². The van der Waals surface area contributed by atoms with E-state index < -0.39 is 5.97 Å². The summed E-state index contributed by atoms with van der Waals surface area (Å²) in [5, 5.41) is 3.89. The van der Waals surface area contributed by atoms with Crippen molar-refractivity contribution in [2.75, 3.05) is 6.61 Å². The normalized spacial score (nSPS) is 10.8. The second kappa shape index (κ2) is 11.9. The van der Waals surface area contributed by atoms with Crippen LogP contribution < -0.4 is 0 Å². The average Bonchev–Trinajstić information content (AvgIpc) is 2.72. The summed E-state index contributed by atoms with van der Waals surface area (Å²) in [6.07, 6.45) is 7.84. The van der Waals surface area contributed by atoms with Crippen molar-refractivity contribution in [1.29, 1.82) is 0 Å². The number of hydrogen-bond acceptors (Lipinski definition) is 5. The molecule has 0 radical (unpaired) electrons. The van der Waals surface area contributed by atoms with E-state index in [1.807, 2.05) is 6.92 Å². The van der Waals surface area contributed by atoms with Crippen LogP contribution in [0, 0.1) is 11.8 Å². The molecule has 0 spiro atoms. The third-order valence-corrected chi connectivity index (χ3v) is 5.51. The molecule has 0 aliphatic rings. The Morgan fingerprint density at radius 2 is 1.66 bits per heavy atom. The first-order valence-electron chi connectivity index (χ1n) is 9.95. The Balaban J connectivity index is 2.03. The van der Waals surface area contributed by atoms with Crippen molar-refractivity contribution < 1.29 is 9.53 Å². The van der Waals surface area contributed by atoms with Gasteiger partial charge in [0.15, 0.2) is 5.69 Å². The molecule has 1 aromatic carbocycles. The molecular weight excluding hydrogens is 411 g/mol. The van der Waals surface area contributed by atoms with Crippen LogP contribution >= 0.6 is 23.2 Å². The molecule has 0 aliphatic heterocycles. The quantitative estimate of drug-likeness (QED) is 0.205. The van der Waals surface area contributed by atoms with Crippen LogP contribution in [0.4, 0.5) is 5.69 Å². The number of carbonyl (C=O) groups excluding carboxylic acids is 1. The van der Waals surface area contributed by atoms with E-state index in [-0.39, 0.29) is 11.4 Å². The molecule has 156 valence electrons. The average molecular weight is 437 g/mol. The van der Waals surface area contributed by atoms with Crippen molar-refractivity contribution >= 4 is 34.9 Å². The van der Waals surface area contributed by atoms with Crippen molar-refractivity contribution in [2.45, 2.75) is 58.8 Å². The van der Waals surface area contributed by atoms with Crippen LogP contribution in [0.1, 0.15) is 67.9 Å². The molecule has 29 heavy (non-hydrogen) atoms. The highest BCUT2D eigenvalue weighted by Gasteiger charge is 2.18. The summed E-state index contributed by atoms with van der Waals surface area (Å²) < 4.78 is 5.30. The number of carbonyl (C=O) groups is 1. The van der Waals surface area contributed by atoms with Gasteiger partial charge in [0.05, 0.1) is 12.3 Å². The number of hydrogen-bond donors (Lipinski definition) is 0. The monoisotopic (exact) mass is 436 g/mol. The molecule has 0 N–H and O–H groups in total. The molecule has 1 aromatic heterocycles. The second-order valence-electron chi connectivity index (χ2n) is 6.98. The summed E-state index contributed by atoms with van der Waals surface area (Å²) in [5.74, 6) is -0.656. The molecule has 2 aromatic rings. The van der Waals surface area contributed by atoms with E-state index in [2.05, 4.69) is 17.1 Å². The smallest absolute Gasteiger partial charge is 0.359 e. The summed E-state index contributed by atoms with van der Waals surface area (Å²) >= 11 is 12.4. The first-order valence-corrected chi connectivity index (χ1v) is 10.7. The SMILES string of the molecule is CCCCCCCCCOC(=O)c1nc(-c2cc(Cl)c(C)c(Cl)c2)ccc1N=O. The zero-order valence-electron chi connectivity index (χ0n) is 16.8. The molecule has 7 heteroatoms. The van der Waals surface area contributed by atoms with Gasteiger partial charge in [-0.15, -0.1) is 4.91 Å². The second-order valence-corrected chi connectivity index (χ2v) is 7.79. The first-order chi connectivity index (χ1) is 14.0. The minimum absolute atomic E-state index is 0.0531. The third-order valence-electron chi connectivity index (χ3n) is 4.72. The highest BCUT2D eigenvalue weighted by atomic mass is 35.5. The van der Waals surface area contributed by atoms with Gasteiger partial charge in [-0.3, -0.25) is 0 Å². The Bertz CT molecular complexity index is 833. The zero-order chi connectivity index (χ0) is 21.2. The van der Waals surface area contributed by atoms with Crippen molar-refractivity contribution in [1.82, 2.24) is 4.98 Å². The fourth-order valence-corrected chi connectivity index (χ4v) is 3.41. The summed E-state index contributed by atoms with van der Waals surface area (Å²) in [7, 11) is 0. The minimum atomic E-state index is -0.656. The van der Waals surface area contributed by atoms with Crippen LogP contribution in [0.25, 0.3) is 11.3 Å². The number of benzene rings is 1. The lowest BCUT2D eigenvalue weighted by molar-refractivity contribution is 0.0492. The molecule has 0 saturated carbocycles. The van der Waals surface area contributed by atoms with E-state index >= 15 is 0 Å². The highest BCUT2D eigenvalue weighted by Crippen LogP contribution is 2.31. The van der Waals surface area contributed by atoms with Gasteiger partial charge < -0.3 is 4.74 Å². The summed E-state index contributed by atoms with van der Waals surface area (Å²) in [6.45, 7) is 4.29. The van der Waals surface area contributed by atoms with Gasteiger partial charge in [0.25, 0.3) is 0 Å². The van der Waals surface area contributed by atoms with Crippen LogP contribution in [-0.2, 0) is 4.74 Å². The molecule has 0 amide bonds. The Morgan fingerprint density at radius 3 is 2.28 bits per heavy atom. The minimum Gasteiger partial charge on any atom is -0.461 e. The van der Waals surface area contributed by atoms with Crippen molar-refractivity contribution in [3.05, 3.63) is 50.5 Å². The Labute approximate surface area is 181 Å². The topological polar surface area (TPSA) is 68.6 Å². The zero-order valence-corrected chi connectivity index (χ0v) is 18.4. The maximum Gasteiger partial charge on any atom is 0.359 e. The van der Waals surface area contributed by atoms with Gasteiger partial charge in [-0.2, -0.15) is 0 Å². The van der Waals surface area contributed by atoms with Crippen molar-refractivity contribution in [3.63, 3.8) is 0 Å². The molecule has 0 fully saturated rings. The molecular formula is C22H26Cl2N2O3. The van der Waals surface area contributed by atoms with Crippen LogP contribution in [0.5, 0.6) is 0 Å². The van der Waals surface area contributed by atoms with Crippen molar-refractivity contribution in [3.8, 4) is 11.3 Å². The number of pyridine rings is 1. The molecule has 1 heterocycles. The van der Waals surface area contributed by atoms with E-state index in [4.69, 9.17) is 27.9 Å². The Kier molecular flexibility index (Phi) is 9.55. The number of rotatable bonds is 11. The molecule has 0 bridgehead atoms. The number of nitrogens with zero attached hydrogens (tertiary/aromatic N) is 2. The Hall–Kier alpha value is -1.98. The number of ether oxygens (including phenoxy) is 1. The predicted octanol–water partition coefficient (Wildman–Crippen LogP) is 7.67. The fourth-order valence-electron chi connectivity index (χ4n) is 2.92. The van der Waals surface area contributed by atoms with Gasteiger partial charge >= 0.3 is 5.97 Å². The van der Waals surface area contributed by atoms with Gasteiger partial charge in [-0.25, -0.2) is 9.78 Å². The Morgan fingerprint density at radius 1 is 1.03 bits per heavy atom. The summed E-state index contributed by atoms with van der Waals surface area (Å²) in [6, 6.07) is 6.47. The lowest BCUT2D eigenvalue weighted by Crippen LogP contribution is -2.09. The lowest BCUT2D eigenvalue weighted by atomic mass is 10.1. The van der Waals surface area contributed by atoms with E-state index in [1.165, 1.54) is 31.7 Å². The molecule has 2 rings (SSSR count). The third kappa shape index (κ3) is 6.79. The van der Waals surface area contributed by atoms with Crippen LogP contribution in [0.2, 0.25) is 10.0 Å². The van der Waals surface area contributed by atoms with Gasteiger partial charge in [0.2, 0.25) is 0 Å². The standard InChI is InChI=1S/C22H26Cl2N2O3/c1-3-4-5-6-7-8-9-12-29-22(27)21-20(26-28)11-10-19(25-21)16-13-17(23)15(2)18(24)14-16/h10-11,13-14H,3-9,12H2,1-2H3. The van der Waals surface area contributed by atoms with E-state index in [0.29, 0.717) is 27.9 Å². The first kappa shape index (κ1) is 23.3.